The molecule has 0 aliphatic heterocycles. The van der Waals surface area contributed by atoms with E-state index in [1.807, 2.05) is 36.4 Å². The highest BCUT2D eigenvalue weighted by Gasteiger charge is 2.20. The highest BCUT2D eigenvalue weighted by atomic mass is 35.5. The van der Waals surface area contributed by atoms with Crippen molar-refractivity contribution in [3.8, 4) is 22.8 Å². The first-order valence-corrected chi connectivity index (χ1v) is 12.6. The van der Waals surface area contributed by atoms with Crippen LogP contribution in [0.3, 0.4) is 0 Å². The largest absolute Gasteiger partial charge is 0.477 e. The zero-order valence-corrected chi connectivity index (χ0v) is 20.9. The number of nitrogens with one attached hydrogen (secondary N) is 1. The van der Waals surface area contributed by atoms with Gasteiger partial charge in [0.25, 0.3) is 0 Å². The molecule has 7 heteroatoms. The normalized spacial score (nSPS) is 15.6. The van der Waals surface area contributed by atoms with Crippen molar-refractivity contribution < 1.29 is 19.7 Å². The molecule has 0 radical (unpaired) electrons. The summed E-state index contributed by atoms with van der Waals surface area (Å²) in [6.07, 6.45) is 3.80. The number of pyridine rings is 1. The summed E-state index contributed by atoms with van der Waals surface area (Å²) in [6.45, 7) is 0.474. The molecule has 3 aromatic carbocycles. The summed E-state index contributed by atoms with van der Waals surface area (Å²) in [7, 11) is 0. The van der Waals surface area contributed by atoms with Crippen molar-refractivity contribution in [3.05, 3.63) is 112 Å². The third-order valence-electron chi connectivity index (χ3n) is 6.67. The zero-order valence-electron chi connectivity index (χ0n) is 20.1. The molecule has 4 aromatic rings. The van der Waals surface area contributed by atoms with E-state index in [9.17, 15) is 15.0 Å². The summed E-state index contributed by atoms with van der Waals surface area (Å²) >= 11 is 6.06. The number of benzene rings is 3. The van der Waals surface area contributed by atoms with Crippen molar-refractivity contribution in [1.82, 2.24) is 10.3 Å². The maximum Gasteiger partial charge on any atom is 0.341 e. The van der Waals surface area contributed by atoms with E-state index in [1.165, 1.54) is 23.4 Å². The van der Waals surface area contributed by atoms with E-state index in [-0.39, 0.29) is 17.5 Å². The van der Waals surface area contributed by atoms with E-state index in [0.717, 1.165) is 36.0 Å². The first kappa shape index (κ1) is 25.0. The first-order valence-electron chi connectivity index (χ1n) is 12.2. The predicted octanol–water partition coefficient (Wildman–Crippen LogP) is 6.07. The lowest BCUT2D eigenvalue weighted by Gasteiger charge is -2.27. The van der Waals surface area contributed by atoms with E-state index in [1.54, 1.807) is 18.2 Å². The Morgan fingerprint density at radius 2 is 1.84 bits per heavy atom. The fraction of sp³-hybridized carbons (Fsp3) is 0.200. The van der Waals surface area contributed by atoms with Crippen molar-refractivity contribution in [2.75, 3.05) is 6.54 Å². The number of carbonyl (C=O) groups is 1. The third-order valence-corrected chi connectivity index (χ3v) is 6.91. The molecule has 37 heavy (non-hydrogen) atoms. The van der Waals surface area contributed by atoms with Gasteiger partial charge in [0, 0.05) is 23.8 Å². The number of fused-ring (bicyclic) bond motifs is 1. The molecule has 0 amide bonds. The Balaban J connectivity index is 1.24. The molecule has 0 fully saturated rings. The lowest BCUT2D eigenvalue weighted by atomic mass is 9.86. The molecule has 1 heterocycles. The van der Waals surface area contributed by atoms with Crippen LogP contribution in [0.2, 0.25) is 5.02 Å². The van der Waals surface area contributed by atoms with Crippen LogP contribution in [-0.4, -0.2) is 33.8 Å². The van der Waals surface area contributed by atoms with Gasteiger partial charge in [-0.15, -0.1) is 0 Å². The van der Waals surface area contributed by atoms with E-state index in [4.69, 9.17) is 16.3 Å². The number of carboxylic acid groups (broad SMARTS) is 1. The van der Waals surface area contributed by atoms with Crippen molar-refractivity contribution in [2.45, 2.75) is 31.4 Å². The second kappa shape index (κ2) is 11.1. The van der Waals surface area contributed by atoms with Crippen LogP contribution in [0.1, 0.15) is 39.6 Å². The average Bonchev–Trinajstić information content (AvgIpc) is 2.92. The molecular formula is C30H27ClN2O4. The maximum absolute atomic E-state index is 11.4. The molecule has 0 saturated heterocycles. The van der Waals surface area contributed by atoms with E-state index in [2.05, 4.69) is 28.5 Å². The van der Waals surface area contributed by atoms with Crippen molar-refractivity contribution in [2.24, 2.45) is 0 Å². The van der Waals surface area contributed by atoms with Crippen LogP contribution < -0.4 is 10.1 Å². The Kier molecular flexibility index (Phi) is 7.51. The molecule has 2 atom stereocenters. The predicted molar refractivity (Wildman–Crippen MR) is 143 cm³/mol. The quantitative estimate of drug-likeness (QED) is 0.264. The Morgan fingerprint density at radius 1 is 1.03 bits per heavy atom. The molecule has 3 N–H and O–H groups in total. The lowest BCUT2D eigenvalue weighted by molar-refractivity contribution is 0.0693. The SMILES string of the molecule is O=C(O)c1cccnc1Oc1ccc(-c2ccc3c(c2)C[C@@H](NC[C@H](O)c2cccc(Cl)c2)CC3)cc1. The second-order valence-corrected chi connectivity index (χ2v) is 9.63. The van der Waals surface area contributed by atoms with Crippen LogP contribution in [0.4, 0.5) is 0 Å². The number of aromatic carboxylic acids is 1. The summed E-state index contributed by atoms with van der Waals surface area (Å²) in [5.74, 6) is -0.499. The van der Waals surface area contributed by atoms with Gasteiger partial charge in [-0.2, -0.15) is 0 Å². The second-order valence-electron chi connectivity index (χ2n) is 9.19. The van der Waals surface area contributed by atoms with Crippen LogP contribution in [0.5, 0.6) is 11.6 Å². The number of aryl methyl sites for hydroxylation is 1. The average molecular weight is 515 g/mol. The zero-order chi connectivity index (χ0) is 25.8. The number of nitrogens with zero attached hydrogens (tertiary/aromatic N) is 1. The minimum absolute atomic E-state index is 0.0181. The molecule has 0 spiro atoms. The molecule has 1 aliphatic carbocycles. The van der Waals surface area contributed by atoms with E-state index < -0.39 is 12.1 Å². The monoisotopic (exact) mass is 514 g/mol. The number of aromatic nitrogens is 1. The highest BCUT2D eigenvalue weighted by Crippen LogP contribution is 2.30. The van der Waals surface area contributed by atoms with Gasteiger partial charge in [0.05, 0.1) is 6.10 Å². The molecule has 0 unspecified atom stereocenters. The smallest absolute Gasteiger partial charge is 0.341 e. The number of carboxylic acids is 1. The van der Waals surface area contributed by atoms with Gasteiger partial charge in [0.15, 0.2) is 0 Å². The number of rotatable bonds is 8. The standard InChI is InChI=1S/C30H27ClN2O4/c31-24-4-1-3-22(16-24)28(34)18-33-25-11-8-20-6-7-21(15-23(20)17-25)19-9-12-26(13-10-19)37-29-27(30(35)36)5-2-14-32-29/h1-7,9-10,12-16,25,28,33-34H,8,11,17-18H2,(H,35,36)/t25-,28-/m0/s1. The highest BCUT2D eigenvalue weighted by molar-refractivity contribution is 6.30. The summed E-state index contributed by atoms with van der Waals surface area (Å²) in [4.78, 5) is 15.4. The first-order chi connectivity index (χ1) is 18.0. The maximum atomic E-state index is 11.4. The number of halogens is 1. The molecule has 188 valence electrons. The number of aliphatic hydroxyl groups excluding tert-OH is 1. The van der Waals surface area contributed by atoms with Crippen LogP contribution >= 0.6 is 11.6 Å². The van der Waals surface area contributed by atoms with Gasteiger partial charge in [0.1, 0.15) is 11.3 Å². The summed E-state index contributed by atoms with van der Waals surface area (Å²) in [5, 5.41) is 24.0. The molecule has 0 saturated carbocycles. The Morgan fingerprint density at radius 3 is 2.62 bits per heavy atom. The van der Waals surface area contributed by atoms with Crippen molar-refractivity contribution in [3.63, 3.8) is 0 Å². The minimum atomic E-state index is -1.08. The number of aliphatic hydroxyl groups is 1. The summed E-state index contributed by atoms with van der Waals surface area (Å²) < 4.78 is 5.72. The van der Waals surface area contributed by atoms with Crippen LogP contribution in [0.25, 0.3) is 11.1 Å². The van der Waals surface area contributed by atoms with Gasteiger partial charge in [-0.05, 0) is 83.5 Å². The Hall–Kier alpha value is -3.71. The fourth-order valence-electron chi connectivity index (χ4n) is 4.68. The third kappa shape index (κ3) is 6.00. The molecular weight excluding hydrogens is 488 g/mol. The van der Waals surface area contributed by atoms with Crippen molar-refractivity contribution >= 4 is 17.6 Å². The molecule has 6 nitrogen and oxygen atoms in total. The number of ether oxygens (including phenoxy) is 1. The number of hydrogen-bond donors (Lipinski definition) is 3. The molecule has 0 bridgehead atoms. The van der Waals surface area contributed by atoms with Crippen LogP contribution in [0, 0.1) is 0 Å². The van der Waals surface area contributed by atoms with Gasteiger partial charge in [-0.3, -0.25) is 0 Å². The fourth-order valence-corrected chi connectivity index (χ4v) is 4.88. The van der Waals surface area contributed by atoms with Gasteiger partial charge in [-0.25, -0.2) is 9.78 Å². The van der Waals surface area contributed by atoms with Gasteiger partial charge in [-0.1, -0.05) is 54.1 Å². The Labute approximate surface area is 220 Å². The minimum Gasteiger partial charge on any atom is -0.477 e. The lowest BCUT2D eigenvalue weighted by Crippen LogP contribution is -2.37. The van der Waals surface area contributed by atoms with Gasteiger partial charge >= 0.3 is 5.97 Å². The van der Waals surface area contributed by atoms with E-state index >= 15 is 0 Å². The van der Waals surface area contributed by atoms with Crippen LogP contribution in [0.15, 0.2) is 85.1 Å². The molecule has 5 rings (SSSR count). The van der Waals surface area contributed by atoms with Crippen LogP contribution in [-0.2, 0) is 12.8 Å². The molecule has 1 aromatic heterocycles. The number of hydrogen-bond acceptors (Lipinski definition) is 5. The summed E-state index contributed by atoms with van der Waals surface area (Å²) in [5.41, 5.74) is 5.64. The summed E-state index contributed by atoms with van der Waals surface area (Å²) in [6, 6.07) is 24.8. The Bertz CT molecular complexity index is 1410. The van der Waals surface area contributed by atoms with Gasteiger partial charge in [0.2, 0.25) is 5.88 Å². The molecule has 1 aliphatic rings. The van der Waals surface area contributed by atoms with Gasteiger partial charge < -0.3 is 20.3 Å². The topological polar surface area (TPSA) is 91.7 Å². The van der Waals surface area contributed by atoms with E-state index in [0.29, 0.717) is 17.3 Å². The van der Waals surface area contributed by atoms with Crippen molar-refractivity contribution in [1.29, 1.82) is 0 Å².